The number of aromatic nitrogens is 1. The maximum atomic E-state index is 12.2. The molecule has 0 aliphatic carbocycles. The van der Waals surface area contributed by atoms with Gasteiger partial charge in [0.2, 0.25) is 5.91 Å². The van der Waals surface area contributed by atoms with E-state index < -0.39 is 0 Å². The molecule has 2 amide bonds. The molecular weight excluding hydrogens is 445 g/mol. The molecule has 0 saturated heterocycles. The second-order valence-corrected chi connectivity index (χ2v) is 8.42. The van der Waals surface area contributed by atoms with Gasteiger partial charge < -0.3 is 9.64 Å². The van der Waals surface area contributed by atoms with Crippen LogP contribution in [0.2, 0.25) is 10.0 Å². The first kappa shape index (κ1) is 20.7. The second kappa shape index (κ2) is 8.63. The van der Waals surface area contributed by atoms with Crippen LogP contribution in [0.25, 0.3) is 11.3 Å². The standard InChI is InChI=1S/C21H17Cl2N3O3S/c1-12(27)26-7-6-13-2-3-14(8-18(13)26)17-11-30-21(24-17)25-20(28)10-29-19-5-4-15(22)9-16(19)23/h2-5,8-9,11H,6-7,10H2,1H3,(H,24,25,28). The molecule has 0 fully saturated rings. The normalized spacial score (nSPS) is 12.6. The summed E-state index contributed by atoms with van der Waals surface area (Å²) in [6.45, 7) is 2.06. The lowest BCUT2D eigenvalue weighted by molar-refractivity contribution is -0.118. The Kier molecular flexibility index (Phi) is 5.94. The molecule has 0 unspecified atom stereocenters. The first-order valence-electron chi connectivity index (χ1n) is 9.15. The van der Waals surface area contributed by atoms with Gasteiger partial charge in [0.25, 0.3) is 5.91 Å². The van der Waals surface area contributed by atoms with E-state index in [0.717, 1.165) is 28.9 Å². The van der Waals surface area contributed by atoms with Crippen LogP contribution in [0.15, 0.2) is 41.8 Å². The lowest BCUT2D eigenvalue weighted by Gasteiger charge is -2.15. The van der Waals surface area contributed by atoms with Crippen LogP contribution < -0.4 is 15.0 Å². The van der Waals surface area contributed by atoms with Crippen LogP contribution in [0.4, 0.5) is 10.8 Å². The third kappa shape index (κ3) is 4.43. The number of hydrogen-bond acceptors (Lipinski definition) is 5. The highest BCUT2D eigenvalue weighted by molar-refractivity contribution is 7.14. The minimum Gasteiger partial charge on any atom is -0.482 e. The largest absolute Gasteiger partial charge is 0.482 e. The fourth-order valence-corrected chi connectivity index (χ4v) is 4.42. The number of halogens is 2. The van der Waals surface area contributed by atoms with Gasteiger partial charge in [0.1, 0.15) is 5.75 Å². The summed E-state index contributed by atoms with van der Waals surface area (Å²) in [7, 11) is 0. The fourth-order valence-electron chi connectivity index (χ4n) is 3.22. The van der Waals surface area contributed by atoms with Gasteiger partial charge in [0, 0.05) is 35.1 Å². The average Bonchev–Trinajstić information content (AvgIpc) is 3.33. The van der Waals surface area contributed by atoms with Crippen molar-refractivity contribution in [2.24, 2.45) is 0 Å². The van der Waals surface area contributed by atoms with Crippen LogP contribution in [0, 0.1) is 0 Å². The van der Waals surface area contributed by atoms with Gasteiger partial charge >= 0.3 is 0 Å². The molecule has 1 aliphatic rings. The number of thiazole rings is 1. The molecule has 2 aromatic carbocycles. The van der Waals surface area contributed by atoms with Crippen LogP contribution in [-0.2, 0) is 16.0 Å². The summed E-state index contributed by atoms with van der Waals surface area (Å²) in [5.41, 5.74) is 3.69. The van der Waals surface area contributed by atoms with Gasteiger partial charge in [-0.3, -0.25) is 14.9 Å². The van der Waals surface area contributed by atoms with Crippen molar-refractivity contribution in [1.82, 2.24) is 4.98 Å². The van der Waals surface area contributed by atoms with Gasteiger partial charge in [0.05, 0.1) is 10.7 Å². The Morgan fingerprint density at radius 2 is 2.07 bits per heavy atom. The molecule has 0 radical (unpaired) electrons. The molecule has 1 aliphatic heterocycles. The Labute approximate surface area is 187 Å². The molecule has 1 aromatic heterocycles. The van der Waals surface area contributed by atoms with Gasteiger partial charge in [0.15, 0.2) is 11.7 Å². The van der Waals surface area contributed by atoms with Crippen molar-refractivity contribution in [3.05, 3.63) is 57.4 Å². The highest BCUT2D eigenvalue weighted by Crippen LogP contribution is 2.34. The molecule has 0 saturated carbocycles. The number of hydrogen-bond donors (Lipinski definition) is 1. The second-order valence-electron chi connectivity index (χ2n) is 6.71. The third-order valence-electron chi connectivity index (χ3n) is 4.66. The molecule has 0 atom stereocenters. The monoisotopic (exact) mass is 461 g/mol. The summed E-state index contributed by atoms with van der Waals surface area (Å²) in [6.07, 6.45) is 0.852. The number of nitrogens with one attached hydrogen (secondary N) is 1. The minimum absolute atomic E-state index is 0.0259. The van der Waals surface area contributed by atoms with E-state index >= 15 is 0 Å². The van der Waals surface area contributed by atoms with Gasteiger partial charge in [-0.2, -0.15) is 0 Å². The minimum atomic E-state index is -0.348. The van der Waals surface area contributed by atoms with Crippen molar-refractivity contribution in [2.45, 2.75) is 13.3 Å². The van der Waals surface area contributed by atoms with E-state index in [-0.39, 0.29) is 18.4 Å². The molecule has 3 aromatic rings. The van der Waals surface area contributed by atoms with Crippen LogP contribution >= 0.6 is 34.5 Å². The Hall–Kier alpha value is -2.61. The maximum Gasteiger partial charge on any atom is 0.264 e. The molecule has 0 bridgehead atoms. The maximum absolute atomic E-state index is 12.2. The van der Waals surface area contributed by atoms with Crippen molar-refractivity contribution in [1.29, 1.82) is 0 Å². The Bertz CT molecular complexity index is 1130. The number of benzene rings is 2. The van der Waals surface area contributed by atoms with Gasteiger partial charge in [-0.25, -0.2) is 4.98 Å². The van der Waals surface area contributed by atoms with E-state index in [9.17, 15) is 9.59 Å². The van der Waals surface area contributed by atoms with E-state index in [1.165, 1.54) is 11.3 Å². The summed E-state index contributed by atoms with van der Waals surface area (Å²) in [5, 5.41) is 5.87. The van der Waals surface area contributed by atoms with Crippen molar-refractivity contribution in [3.8, 4) is 17.0 Å². The summed E-state index contributed by atoms with van der Waals surface area (Å²) >= 11 is 13.2. The smallest absolute Gasteiger partial charge is 0.264 e. The molecular formula is C21H17Cl2N3O3S. The Morgan fingerprint density at radius 3 is 2.83 bits per heavy atom. The first-order chi connectivity index (χ1) is 14.4. The van der Waals surface area contributed by atoms with Crippen LogP contribution in [0.3, 0.4) is 0 Å². The lowest BCUT2D eigenvalue weighted by atomic mass is 10.1. The number of fused-ring (bicyclic) bond motifs is 1. The summed E-state index contributed by atoms with van der Waals surface area (Å²) < 4.78 is 5.44. The summed E-state index contributed by atoms with van der Waals surface area (Å²) in [6, 6.07) is 10.8. The highest BCUT2D eigenvalue weighted by atomic mass is 35.5. The van der Waals surface area contributed by atoms with E-state index in [2.05, 4.69) is 10.3 Å². The van der Waals surface area contributed by atoms with Crippen molar-refractivity contribution < 1.29 is 14.3 Å². The number of anilines is 2. The Balaban J connectivity index is 1.41. The molecule has 2 heterocycles. The average molecular weight is 462 g/mol. The molecule has 1 N–H and O–H groups in total. The fraction of sp³-hybridized carbons (Fsp3) is 0.190. The van der Waals surface area contributed by atoms with Gasteiger partial charge in [-0.15, -0.1) is 11.3 Å². The van der Waals surface area contributed by atoms with E-state index in [0.29, 0.717) is 27.5 Å². The van der Waals surface area contributed by atoms with Gasteiger partial charge in [-0.05, 0) is 36.2 Å². The highest BCUT2D eigenvalue weighted by Gasteiger charge is 2.23. The third-order valence-corrected chi connectivity index (χ3v) is 5.95. The van der Waals surface area contributed by atoms with E-state index in [4.69, 9.17) is 27.9 Å². The predicted molar refractivity (Wildman–Crippen MR) is 120 cm³/mol. The molecule has 30 heavy (non-hydrogen) atoms. The topological polar surface area (TPSA) is 71.5 Å². The quantitative estimate of drug-likeness (QED) is 0.577. The van der Waals surface area contributed by atoms with E-state index in [1.807, 2.05) is 23.6 Å². The SMILES string of the molecule is CC(=O)N1CCc2ccc(-c3csc(NC(=O)COc4ccc(Cl)cc4Cl)n3)cc21. The van der Waals surface area contributed by atoms with Crippen LogP contribution in [0.5, 0.6) is 5.75 Å². The zero-order valence-corrected chi connectivity index (χ0v) is 18.3. The van der Waals surface area contributed by atoms with Crippen molar-refractivity contribution >= 4 is 57.2 Å². The number of amides is 2. The molecule has 154 valence electrons. The molecule has 0 spiro atoms. The number of carbonyl (C=O) groups is 2. The lowest BCUT2D eigenvalue weighted by Crippen LogP contribution is -2.25. The number of nitrogens with zero attached hydrogens (tertiary/aromatic N) is 2. The van der Waals surface area contributed by atoms with Crippen LogP contribution in [-0.4, -0.2) is 29.9 Å². The van der Waals surface area contributed by atoms with Crippen LogP contribution in [0.1, 0.15) is 12.5 Å². The molecule has 9 heteroatoms. The molecule has 4 rings (SSSR count). The number of ether oxygens (including phenoxy) is 1. The number of carbonyl (C=O) groups excluding carboxylic acids is 2. The molecule has 6 nitrogen and oxygen atoms in total. The van der Waals surface area contributed by atoms with Crippen molar-refractivity contribution in [3.63, 3.8) is 0 Å². The zero-order valence-electron chi connectivity index (χ0n) is 15.9. The summed E-state index contributed by atoms with van der Waals surface area (Å²) in [4.78, 5) is 30.3. The zero-order chi connectivity index (χ0) is 21.3. The predicted octanol–water partition coefficient (Wildman–Crippen LogP) is 5.04. The Morgan fingerprint density at radius 1 is 1.23 bits per heavy atom. The van der Waals surface area contributed by atoms with Gasteiger partial charge in [-0.1, -0.05) is 35.3 Å². The number of rotatable bonds is 5. The van der Waals surface area contributed by atoms with Crippen molar-refractivity contribution in [2.75, 3.05) is 23.4 Å². The summed E-state index contributed by atoms with van der Waals surface area (Å²) in [5.74, 6) is 0.0563. The first-order valence-corrected chi connectivity index (χ1v) is 10.8. The van der Waals surface area contributed by atoms with E-state index in [1.54, 1.807) is 30.0 Å².